The summed E-state index contributed by atoms with van der Waals surface area (Å²) in [5.74, 6) is 0.577. The molecule has 0 fully saturated rings. The Morgan fingerprint density at radius 3 is 2.46 bits per heavy atom. The van der Waals surface area contributed by atoms with Gasteiger partial charge in [-0.05, 0) is 67.4 Å². The van der Waals surface area contributed by atoms with Gasteiger partial charge in [0.1, 0.15) is 18.1 Å². The lowest BCUT2D eigenvalue weighted by molar-refractivity contribution is 0.0600. The lowest BCUT2D eigenvalue weighted by atomic mass is 10.1. The minimum absolute atomic E-state index is 0.161. The maximum Gasteiger partial charge on any atom is 0.337 e. The molecule has 2 aromatic carbocycles. The van der Waals surface area contributed by atoms with Crippen molar-refractivity contribution in [3.8, 4) is 5.75 Å². The zero-order valence-corrected chi connectivity index (χ0v) is 15.9. The third kappa shape index (κ3) is 4.59. The molecule has 0 atom stereocenters. The van der Waals surface area contributed by atoms with Crippen molar-refractivity contribution in [2.75, 3.05) is 12.4 Å². The Morgan fingerprint density at radius 1 is 1.00 bits per heavy atom. The summed E-state index contributed by atoms with van der Waals surface area (Å²) in [6, 6.07) is 15.7. The van der Waals surface area contributed by atoms with Gasteiger partial charge in [-0.15, -0.1) is 0 Å². The number of hydrogen-bond acceptors (Lipinski definition) is 5. The molecular formula is C22H21NO5. The second kappa shape index (κ2) is 8.43. The molecule has 0 saturated carbocycles. The summed E-state index contributed by atoms with van der Waals surface area (Å²) in [6.07, 6.45) is 0. The molecule has 3 rings (SSSR count). The van der Waals surface area contributed by atoms with E-state index in [1.807, 2.05) is 32.0 Å². The van der Waals surface area contributed by atoms with Crippen molar-refractivity contribution in [1.82, 2.24) is 0 Å². The molecule has 3 aromatic rings. The zero-order chi connectivity index (χ0) is 20.1. The van der Waals surface area contributed by atoms with E-state index in [2.05, 4.69) is 10.1 Å². The van der Waals surface area contributed by atoms with E-state index in [-0.39, 0.29) is 18.3 Å². The number of hydrogen-bond donors (Lipinski definition) is 1. The van der Waals surface area contributed by atoms with Gasteiger partial charge in [-0.1, -0.05) is 12.1 Å². The van der Waals surface area contributed by atoms with Crippen LogP contribution >= 0.6 is 0 Å². The van der Waals surface area contributed by atoms with Crippen molar-refractivity contribution in [3.63, 3.8) is 0 Å². The summed E-state index contributed by atoms with van der Waals surface area (Å²) >= 11 is 0. The Morgan fingerprint density at radius 2 is 1.75 bits per heavy atom. The number of amides is 1. The van der Waals surface area contributed by atoms with Gasteiger partial charge in [0.25, 0.3) is 5.91 Å². The molecule has 1 heterocycles. The Balaban J connectivity index is 1.60. The maximum absolute atomic E-state index is 12.4. The number of carbonyl (C=O) groups excluding carboxylic acids is 2. The van der Waals surface area contributed by atoms with Gasteiger partial charge in [-0.3, -0.25) is 4.79 Å². The first kappa shape index (κ1) is 19.2. The number of carbonyl (C=O) groups is 2. The van der Waals surface area contributed by atoms with Crippen LogP contribution in [0.2, 0.25) is 0 Å². The molecule has 28 heavy (non-hydrogen) atoms. The lowest BCUT2D eigenvalue weighted by Crippen LogP contribution is -2.12. The van der Waals surface area contributed by atoms with Gasteiger partial charge < -0.3 is 19.2 Å². The second-order valence-electron chi connectivity index (χ2n) is 6.34. The van der Waals surface area contributed by atoms with Crippen molar-refractivity contribution < 1.29 is 23.5 Å². The first-order chi connectivity index (χ1) is 13.5. The second-order valence-corrected chi connectivity index (χ2v) is 6.34. The lowest BCUT2D eigenvalue weighted by Gasteiger charge is -2.08. The van der Waals surface area contributed by atoms with Crippen LogP contribution in [-0.2, 0) is 11.3 Å². The van der Waals surface area contributed by atoms with Crippen LogP contribution in [0.15, 0.2) is 59.0 Å². The van der Waals surface area contributed by atoms with Gasteiger partial charge in [0.05, 0.1) is 12.7 Å². The van der Waals surface area contributed by atoms with E-state index < -0.39 is 5.97 Å². The van der Waals surface area contributed by atoms with Crippen LogP contribution in [0, 0.1) is 13.8 Å². The molecule has 0 radical (unpaired) electrons. The SMILES string of the molecule is COC(=O)c1ccc(OCc2ccc(C(=O)Nc3cc(C)ccc3C)o2)cc1. The quantitative estimate of drug-likeness (QED) is 0.638. The van der Waals surface area contributed by atoms with Crippen LogP contribution in [0.5, 0.6) is 5.75 Å². The number of aryl methyl sites for hydroxylation is 2. The average molecular weight is 379 g/mol. The van der Waals surface area contributed by atoms with Crippen molar-refractivity contribution in [2.45, 2.75) is 20.5 Å². The van der Waals surface area contributed by atoms with Crippen molar-refractivity contribution in [2.24, 2.45) is 0 Å². The minimum Gasteiger partial charge on any atom is -0.486 e. The molecule has 1 N–H and O–H groups in total. The molecule has 0 spiro atoms. The highest BCUT2D eigenvalue weighted by atomic mass is 16.5. The molecule has 144 valence electrons. The van der Waals surface area contributed by atoms with Crippen LogP contribution in [0.4, 0.5) is 5.69 Å². The number of esters is 1. The Labute approximate surface area is 163 Å². The highest BCUT2D eigenvalue weighted by molar-refractivity contribution is 6.02. The van der Waals surface area contributed by atoms with Gasteiger partial charge in [0.2, 0.25) is 0 Å². The summed E-state index contributed by atoms with van der Waals surface area (Å²) in [5.41, 5.74) is 3.24. The van der Waals surface area contributed by atoms with Crippen LogP contribution in [-0.4, -0.2) is 19.0 Å². The van der Waals surface area contributed by atoms with E-state index >= 15 is 0 Å². The molecule has 0 bridgehead atoms. The fourth-order valence-electron chi connectivity index (χ4n) is 2.59. The summed E-state index contributed by atoms with van der Waals surface area (Å²) in [5, 5.41) is 2.86. The topological polar surface area (TPSA) is 77.8 Å². The molecule has 0 saturated heterocycles. The van der Waals surface area contributed by atoms with Gasteiger partial charge in [-0.25, -0.2) is 4.79 Å². The Bertz CT molecular complexity index is 988. The normalized spacial score (nSPS) is 10.4. The third-order valence-electron chi connectivity index (χ3n) is 4.18. The number of rotatable bonds is 6. The number of methoxy groups -OCH3 is 1. The van der Waals surface area contributed by atoms with Gasteiger partial charge in [0.15, 0.2) is 5.76 Å². The number of nitrogens with one attached hydrogen (secondary N) is 1. The van der Waals surface area contributed by atoms with E-state index in [9.17, 15) is 9.59 Å². The van der Waals surface area contributed by atoms with Crippen LogP contribution in [0.25, 0.3) is 0 Å². The van der Waals surface area contributed by atoms with Crippen LogP contribution in [0.3, 0.4) is 0 Å². The highest BCUT2D eigenvalue weighted by Crippen LogP contribution is 2.19. The molecular weight excluding hydrogens is 358 g/mol. The summed E-state index contributed by atoms with van der Waals surface area (Å²) in [7, 11) is 1.33. The number of ether oxygens (including phenoxy) is 2. The molecule has 6 heteroatoms. The Hall–Kier alpha value is -3.54. The van der Waals surface area contributed by atoms with E-state index in [0.29, 0.717) is 17.1 Å². The van der Waals surface area contributed by atoms with Crippen molar-refractivity contribution in [3.05, 3.63) is 82.8 Å². The first-order valence-electron chi connectivity index (χ1n) is 8.75. The largest absolute Gasteiger partial charge is 0.486 e. The van der Waals surface area contributed by atoms with E-state index in [4.69, 9.17) is 9.15 Å². The summed E-state index contributed by atoms with van der Waals surface area (Å²) in [6.45, 7) is 4.06. The van der Waals surface area contributed by atoms with E-state index in [0.717, 1.165) is 16.8 Å². The number of furan rings is 1. The summed E-state index contributed by atoms with van der Waals surface area (Å²) in [4.78, 5) is 23.8. The van der Waals surface area contributed by atoms with Crippen molar-refractivity contribution >= 4 is 17.6 Å². The smallest absolute Gasteiger partial charge is 0.337 e. The standard InChI is InChI=1S/C22H21NO5/c1-14-4-5-15(2)19(12-14)23-21(24)20-11-10-18(28-20)13-27-17-8-6-16(7-9-17)22(25)26-3/h4-12H,13H2,1-3H3,(H,23,24). The van der Waals surface area contributed by atoms with Gasteiger partial charge >= 0.3 is 5.97 Å². The molecule has 1 amide bonds. The van der Waals surface area contributed by atoms with Crippen LogP contribution < -0.4 is 10.1 Å². The fraction of sp³-hybridized carbons (Fsp3) is 0.182. The maximum atomic E-state index is 12.4. The van der Waals surface area contributed by atoms with Gasteiger partial charge in [0, 0.05) is 5.69 Å². The van der Waals surface area contributed by atoms with E-state index in [1.165, 1.54) is 7.11 Å². The highest BCUT2D eigenvalue weighted by Gasteiger charge is 2.13. The molecule has 0 unspecified atom stereocenters. The first-order valence-corrected chi connectivity index (χ1v) is 8.75. The average Bonchev–Trinajstić information content (AvgIpc) is 3.18. The minimum atomic E-state index is -0.405. The molecule has 0 aliphatic rings. The zero-order valence-electron chi connectivity index (χ0n) is 15.9. The number of benzene rings is 2. The molecule has 0 aliphatic heterocycles. The molecule has 1 aromatic heterocycles. The third-order valence-corrected chi connectivity index (χ3v) is 4.18. The Kier molecular flexibility index (Phi) is 5.79. The predicted molar refractivity (Wildman–Crippen MR) is 105 cm³/mol. The molecule has 6 nitrogen and oxygen atoms in total. The predicted octanol–water partition coefficient (Wildman–Crippen LogP) is 4.51. The van der Waals surface area contributed by atoms with Crippen molar-refractivity contribution in [1.29, 1.82) is 0 Å². The monoisotopic (exact) mass is 379 g/mol. The molecule has 0 aliphatic carbocycles. The van der Waals surface area contributed by atoms with Gasteiger partial charge in [-0.2, -0.15) is 0 Å². The summed E-state index contributed by atoms with van der Waals surface area (Å²) < 4.78 is 15.9. The van der Waals surface area contributed by atoms with Crippen LogP contribution in [0.1, 0.15) is 37.8 Å². The van der Waals surface area contributed by atoms with E-state index in [1.54, 1.807) is 36.4 Å². The number of anilines is 1. The fourth-order valence-corrected chi connectivity index (χ4v) is 2.59.